The first-order chi connectivity index (χ1) is 8.08. The van der Waals surface area contributed by atoms with Crippen LogP contribution >= 0.6 is 35.6 Å². The molecular weight excluding hydrogens is 300 g/mol. The first-order valence-electron chi connectivity index (χ1n) is 5.25. The summed E-state index contributed by atoms with van der Waals surface area (Å²) in [6.07, 6.45) is 0. The molecule has 5 nitrogen and oxygen atoms in total. The highest BCUT2D eigenvalue weighted by molar-refractivity contribution is 6.18. The Balaban J connectivity index is 0.00000289. The number of aromatic nitrogens is 2. The Morgan fingerprint density at radius 3 is 2.11 bits per heavy atom. The van der Waals surface area contributed by atoms with Crippen molar-refractivity contribution in [1.29, 1.82) is 0 Å². The molecule has 0 bridgehead atoms. The predicted molar refractivity (Wildman–Crippen MR) is 76.4 cm³/mol. The molecule has 0 saturated carbocycles. The lowest BCUT2D eigenvalue weighted by atomic mass is 10.2. The molecule has 0 amide bonds. The number of nitrogens with one attached hydrogen (secondary N) is 2. The van der Waals surface area contributed by atoms with Crippen LogP contribution in [0.2, 0.25) is 0 Å². The van der Waals surface area contributed by atoms with Crippen molar-refractivity contribution in [1.82, 2.24) is 14.9 Å². The number of halogens is 3. The van der Waals surface area contributed by atoms with Gasteiger partial charge in [-0.05, 0) is 6.92 Å². The molecule has 0 saturated heterocycles. The molecule has 2 N–H and O–H groups in total. The van der Waals surface area contributed by atoms with Crippen molar-refractivity contribution < 1.29 is 0 Å². The van der Waals surface area contributed by atoms with Crippen molar-refractivity contribution in [2.75, 3.05) is 24.8 Å². The number of hydrogen-bond acceptors (Lipinski definition) is 3. The molecule has 0 unspecified atom stereocenters. The number of aromatic amines is 2. The second-order valence-electron chi connectivity index (χ2n) is 3.67. The topological polar surface area (TPSA) is 69.0 Å². The Morgan fingerprint density at radius 2 is 1.67 bits per heavy atom. The second-order valence-corrected chi connectivity index (χ2v) is 4.42. The molecule has 1 rings (SSSR count). The summed E-state index contributed by atoms with van der Waals surface area (Å²) in [5, 5.41) is 0. The zero-order valence-electron chi connectivity index (χ0n) is 9.96. The van der Waals surface area contributed by atoms with E-state index in [1.807, 2.05) is 4.90 Å². The van der Waals surface area contributed by atoms with Crippen LogP contribution in [0.1, 0.15) is 11.3 Å². The van der Waals surface area contributed by atoms with E-state index < -0.39 is 5.69 Å². The highest BCUT2D eigenvalue weighted by Gasteiger charge is 2.11. The first kappa shape index (κ1) is 17.5. The maximum absolute atomic E-state index is 11.6. The van der Waals surface area contributed by atoms with Gasteiger partial charge in [0, 0.05) is 37.1 Å². The molecule has 1 aromatic rings. The molecule has 0 atom stereocenters. The van der Waals surface area contributed by atoms with Gasteiger partial charge in [0.05, 0.1) is 5.56 Å². The summed E-state index contributed by atoms with van der Waals surface area (Å²) in [5.41, 5.74) is 0.269. The van der Waals surface area contributed by atoms with Crippen LogP contribution in [-0.4, -0.2) is 39.7 Å². The maximum atomic E-state index is 11.6. The Morgan fingerprint density at radius 1 is 1.11 bits per heavy atom. The van der Waals surface area contributed by atoms with Gasteiger partial charge in [-0.3, -0.25) is 14.7 Å². The van der Waals surface area contributed by atoms with Crippen molar-refractivity contribution in [3.8, 4) is 0 Å². The maximum Gasteiger partial charge on any atom is 0.325 e. The van der Waals surface area contributed by atoms with Gasteiger partial charge in [-0.2, -0.15) is 0 Å². The first-order valence-corrected chi connectivity index (χ1v) is 6.31. The van der Waals surface area contributed by atoms with Crippen molar-refractivity contribution in [2.24, 2.45) is 0 Å². The molecule has 0 aliphatic carbocycles. The van der Waals surface area contributed by atoms with Gasteiger partial charge in [0.15, 0.2) is 0 Å². The van der Waals surface area contributed by atoms with Gasteiger partial charge in [0.25, 0.3) is 5.56 Å². The third-order valence-electron chi connectivity index (χ3n) is 2.44. The fourth-order valence-corrected chi connectivity index (χ4v) is 2.03. The van der Waals surface area contributed by atoms with E-state index in [1.165, 1.54) is 0 Å². The smallest absolute Gasteiger partial charge is 0.311 e. The van der Waals surface area contributed by atoms with E-state index >= 15 is 0 Å². The third kappa shape index (κ3) is 5.02. The molecule has 1 heterocycles. The van der Waals surface area contributed by atoms with E-state index in [9.17, 15) is 9.59 Å². The lowest BCUT2D eigenvalue weighted by Gasteiger charge is -2.20. The number of alkyl halides is 2. The average molecular weight is 317 g/mol. The summed E-state index contributed by atoms with van der Waals surface area (Å²) in [6.45, 7) is 3.42. The molecule has 8 heteroatoms. The molecule has 1 aromatic heterocycles. The summed E-state index contributed by atoms with van der Waals surface area (Å²) >= 11 is 11.3. The number of rotatable bonds is 6. The van der Waals surface area contributed by atoms with Crippen LogP contribution in [0.15, 0.2) is 9.59 Å². The standard InChI is InChI=1S/C10H15Cl2N3O2.ClH/c1-7-8(9(16)14-10(17)13-7)6-15(4-2-11)5-3-12;/h2-6H2,1H3,(H2,13,14,16,17);1H. The molecule has 0 fully saturated rings. The van der Waals surface area contributed by atoms with Gasteiger partial charge in [0.1, 0.15) is 0 Å². The van der Waals surface area contributed by atoms with Crippen LogP contribution in [-0.2, 0) is 6.54 Å². The fraction of sp³-hybridized carbons (Fsp3) is 0.600. The van der Waals surface area contributed by atoms with E-state index in [-0.39, 0.29) is 18.0 Å². The van der Waals surface area contributed by atoms with E-state index in [0.29, 0.717) is 42.7 Å². The van der Waals surface area contributed by atoms with E-state index in [1.54, 1.807) is 6.92 Å². The van der Waals surface area contributed by atoms with Crippen molar-refractivity contribution in [3.63, 3.8) is 0 Å². The minimum absolute atomic E-state index is 0. The zero-order valence-corrected chi connectivity index (χ0v) is 12.3. The molecule has 0 aromatic carbocycles. The summed E-state index contributed by atoms with van der Waals surface area (Å²) in [5.74, 6) is 0.939. The largest absolute Gasteiger partial charge is 0.325 e. The SMILES string of the molecule is Cc1[nH]c(=O)[nH]c(=O)c1CN(CCCl)CCCl.Cl. The highest BCUT2D eigenvalue weighted by Crippen LogP contribution is 2.02. The lowest BCUT2D eigenvalue weighted by molar-refractivity contribution is 0.297. The number of H-pyrrole nitrogens is 2. The van der Waals surface area contributed by atoms with Gasteiger partial charge in [-0.15, -0.1) is 35.6 Å². The monoisotopic (exact) mass is 315 g/mol. The Bertz CT molecular complexity index is 466. The van der Waals surface area contributed by atoms with E-state index in [4.69, 9.17) is 23.2 Å². The van der Waals surface area contributed by atoms with Crippen LogP contribution in [0, 0.1) is 6.92 Å². The average Bonchev–Trinajstić information content (AvgIpc) is 2.23. The zero-order chi connectivity index (χ0) is 12.8. The number of hydrogen-bond donors (Lipinski definition) is 2. The highest BCUT2D eigenvalue weighted by atomic mass is 35.5. The van der Waals surface area contributed by atoms with Crippen molar-refractivity contribution in [3.05, 3.63) is 32.1 Å². The van der Waals surface area contributed by atoms with Gasteiger partial charge in [-0.25, -0.2) is 4.79 Å². The van der Waals surface area contributed by atoms with Gasteiger partial charge < -0.3 is 4.98 Å². The minimum atomic E-state index is -0.488. The van der Waals surface area contributed by atoms with Gasteiger partial charge >= 0.3 is 5.69 Å². The summed E-state index contributed by atoms with van der Waals surface area (Å²) in [7, 11) is 0. The fourth-order valence-electron chi connectivity index (χ4n) is 1.55. The van der Waals surface area contributed by atoms with Crippen LogP contribution in [0.3, 0.4) is 0 Å². The lowest BCUT2D eigenvalue weighted by Crippen LogP contribution is -2.34. The van der Waals surface area contributed by atoms with E-state index in [2.05, 4.69) is 9.97 Å². The molecule has 0 spiro atoms. The third-order valence-corrected chi connectivity index (χ3v) is 2.78. The summed E-state index contributed by atoms with van der Waals surface area (Å²) < 4.78 is 0. The molecule has 0 aliphatic rings. The van der Waals surface area contributed by atoms with Gasteiger partial charge in [-0.1, -0.05) is 0 Å². The van der Waals surface area contributed by atoms with Crippen LogP contribution in [0.25, 0.3) is 0 Å². The van der Waals surface area contributed by atoms with Crippen LogP contribution in [0.5, 0.6) is 0 Å². The second kappa shape index (κ2) is 8.58. The molecular formula is C10H16Cl3N3O2. The summed E-state index contributed by atoms with van der Waals surface area (Å²) in [6, 6.07) is 0. The van der Waals surface area contributed by atoms with E-state index in [0.717, 1.165) is 0 Å². The van der Waals surface area contributed by atoms with Crippen molar-refractivity contribution >= 4 is 35.6 Å². The Labute approximate surface area is 121 Å². The Kier molecular flexibility index (Phi) is 8.35. The molecule has 104 valence electrons. The molecule has 18 heavy (non-hydrogen) atoms. The van der Waals surface area contributed by atoms with Crippen LogP contribution < -0.4 is 11.2 Å². The minimum Gasteiger partial charge on any atom is -0.311 e. The summed E-state index contributed by atoms with van der Waals surface area (Å²) in [4.78, 5) is 29.4. The number of nitrogens with zero attached hydrogens (tertiary/aromatic N) is 1. The number of aryl methyl sites for hydroxylation is 1. The molecule has 0 aliphatic heterocycles. The predicted octanol–water partition coefficient (Wildman–Crippen LogP) is 1.07. The Hall–Kier alpha value is -0.490. The molecule has 0 radical (unpaired) electrons. The normalized spacial score (nSPS) is 10.4. The van der Waals surface area contributed by atoms with Crippen LogP contribution in [0.4, 0.5) is 0 Å². The van der Waals surface area contributed by atoms with Crippen molar-refractivity contribution in [2.45, 2.75) is 13.5 Å². The van der Waals surface area contributed by atoms with Gasteiger partial charge in [0.2, 0.25) is 0 Å². The quantitative estimate of drug-likeness (QED) is 0.772.